The minimum absolute atomic E-state index is 0.0450. The van der Waals surface area contributed by atoms with Crippen LogP contribution in [0.5, 0.6) is 0 Å². The Morgan fingerprint density at radius 1 is 1.62 bits per heavy atom. The van der Waals surface area contributed by atoms with Crippen LogP contribution in [0.3, 0.4) is 0 Å². The number of nitrogens with zero attached hydrogens (tertiary/aromatic N) is 3. The number of ether oxygens (including phenoxy) is 2. The molecule has 0 aliphatic carbocycles. The monoisotopic (exact) mass is 294 g/mol. The maximum Gasteiger partial charge on any atom is 0.302 e. The van der Waals surface area contributed by atoms with E-state index in [1.807, 2.05) is 4.57 Å². The van der Waals surface area contributed by atoms with Gasteiger partial charge in [-0.05, 0) is 12.8 Å². The Hall–Kier alpha value is -1.93. The molecule has 8 nitrogen and oxygen atoms in total. The highest BCUT2D eigenvalue weighted by Gasteiger charge is 2.31. The molecule has 1 fully saturated rings. The first kappa shape index (κ1) is 14.0. The second kappa shape index (κ2) is 5.82. The second-order valence-corrected chi connectivity index (χ2v) is 5.11. The zero-order valence-electron chi connectivity index (χ0n) is 11.7. The minimum atomic E-state index is -0.302. The SMILES string of the molecule is CC(=O)OC[C@@H]1CC[C@H](n2cnc3c2N=CN[C@@H]3CO)O1. The second-order valence-electron chi connectivity index (χ2n) is 5.11. The van der Waals surface area contributed by atoms with Crippen LogP contribution in [0.2, 0.25) is 0 Å². The smallest absolute Gasteiger partial charge is 0.302 e. The van der Waals surface area contributed by atoms with Crippen molar-refractivity contribution in [3.63, 3.8) is 0 Å². The Labute approximate surface area is 121 Å². The summed E-state index contributed by atoms with van der Waals surface area (Å²) in [6.07, 6.45) is 4.59. The lowest BCUT2D eigenvalue weighted by Crippen LogP contribution is -2.26. The average Bonchev–Trinajstić information content (AvgIpc) is 3.10. The Bertz CT molecular complexity index is 556. The van der Waals surface area contributed by atoms with Crippen molar-refractivity contribution in [2.45, 2.75) is 38.1 Å². The lowest BCUT2D eigenvalue weighted by molar-refractivity contribution is -0.145. The van der Waals surface area contributed by atoms with Gasteiger partial charge in [-0.2, -0.15) is 0 Å². The van der Waals surface area contributed by atoms with E-state index in [0.29, 0.717) is 11.5 Å². The number of fused-ring (bicyclic) bond motifs is 1. The number of hydrogen-bond acceptors (Lipinski definition) is 7. The van der Waals surface area contributed by atoms with E-state index < -0.39 is 0 Å². The van der Waals surface area contributed by atoms with Crippen LogP contribution in [-0.2, 0) is 14.3 Å². The molecule has 114 valence electrons. The van der Waals surface area contributed by atoms with Crippen LogP contribution in [0.25, 0.3) is 0 Å². The number of esters is 1. The number of aliphatic hydroxyl groups excluding tert-OH is 1. The average molecular weight is 294 g/mol. The summed E-state index contributed by atoms with van der Waals surface area (Å²) in [7, 11) is 0. The summed E-state index contributed by atoms with van der Waals surface area (Å²) in [5.74, 6) is 0.398. The lowest BCUT2D eigenvalue weighted by Gasteiger charge is -2.20. The van der Waals surface area contributed by atoms with E-state index >= 15 is 0 Å². The first-order valence-corrected chi connectivity index (χ1v) is 6.94. The highest BCUT2D eigenvalue weighted by Crippen LogP contribution is 2.35. The van der Waals surface area contributed by atoms with Gasteiger partial charge in [-0.3, -0.25) is 9.36 Å². The predicted octanol–water partition coefficient (Wildman–Crippen LogP) is 0.420. The van der Waals surface area contributed by atoms with E-state index in [0.717, 1.165) is 12.8 Å². The summed E-state index contributed by atoms with van der Waals surface area (Å²) < 4.78 is 12.7. The quantitative estimate of drug-likeness (QED) is 0.781. The van der Waals surface area contributed by atoms with Gasteiger partial charge in [0.2, 0.25) is 0 Å². The van der Waals surface area contributed by atoms with E-state index in [-0.39, 0.29) is 37.6 Å². The maximum absolute atomic E-state index is 10.8. The summed E-state index contributed by atoms with van der Waals surface area (Å²) in [6.45, 7) is 1.61. The molecular formula is C13H18N4O4. The van der Waals surface area contributed by atoms with Crippen LogP contribution in [0.15, 0.2) is 11.3 Å². The molecule has 0 amide bonds. The number of rotatable bonds is 4. The molecule has 1 aromatic rings. The molecule has 21 heavy (non-hydrogen) atoms. The number of hydrogen-bond donors (Lipinski definition) is 2. The van der Waals surface area contributed by atoms with Crippen molar-refractivity contribution in [3.05, 3.63) is 12.0 Å². The molecule has 2 N–H and O–H groups in total. The first-order chi connectivity index (χ1) is 10.2. The number of aromatic nitrogens is 2. The molecule has 1 saturated heterocycles. The molecule has 3 atom stereocenters. The fourth-order valence-electron chi connectivity index (χ4n) is 2.59. The van der Waals surface area contributed by atoms with E-state index in [9.17, 15) is 9.90 Å². The third-order valence-electron chi connectivity index (χ3n) is 3.64. The summed E-state index contributed by atoms with van der Waals surface area (Å²) >= 11 is 0. The fraction of sp³-hybridized carbons (Fsp3) is 0.615. The zero-order valence-corrected chi connectivity index (χ0v) is 11.7. The Kier molecular flexibility index (Phi) is 3.89. The molecule has 3 rings (SSSR count). The Balaban J connectivity index is 1.70. The van der Waals surface area contributed by atoms with Crippen molar-refractivity contribution in [2.24, 2.45) is 4.99 Å². The van der Waals surface area contributed by atoms with Crippen molar-refractivity contribution < 1.29 is 19.4 Å². The number of nitrogens with one attached hydrogen (secondary N) is 1. The van der Waals surface area contributed by atoms with E-state index in [4.69, 9.17) is 9.47 Å². The van der Waals surface area contributed by atoms with E-state index in [1.165, 1.54) is 6.92 Å². The van der Waals surface area contributed by atoms with Gasteiger partial charge in [0.25, 0.3) is 0 Å². The van der Waals surface area contributed by atoms with Gasteiger partial charge in [0.1, 0.15) is 18.5 Å². The third-order valence-corrected chi connectivity index (χ3v) is 3.64. The van der Waals surface area contributed by atoms with Gasteiger partial charge in [-0.25, -0.2) is 9.98 Å². The van der Waals surface area contributed by atoms with Crippen LogP contribution in [0.4, 0.5) is 5.82 Å². The van der Waals surface area contributed by atoms with E-state index in [1.54, 1.807) is 12.7 Å². The van der Waals surface area contributed by atoms with Crippen LogP contribution >= 0.6 is 0 Å². The van der Waals surface area contributed by atoms with Crippen LogP contribution in [-0.4, -0.2) is 46.3 Å². The highest BCUT2D eigenvalue weighted by molar-refractivity contribution is 5.66. The van der Waals surface area contributed by atoms with Crippen LogP contribution in [0, 0.1) is 0 Å². The van der Waals surface area contributed by atoms with Gasteiger partial charge in [0.05, 0.1) is 31.4 Å². The van der Waals surface area contributed by atoms with Gasteiger partial charge >= 0.3 is 5.97 Å². The first-order valence-electron chi connectivity index (χ1n) is 6.94. The molecular weight excluding hydrogens is 276 g/mol. The summed E-state index contributed by atoms with van der Waals surface area (Å²) in [5, 5.41) is 12.3. The number of aliphatic hydroxyl groups is 1. The number of imidazole rings is 1. The number of aliphatic imine (C=N–C) groups is 1. The van der Waals surface area contributed by atoms with Gasteiger partial charge in [-0.15, -0.1) is 0 Å². The normalized spacial score (nSPS) is 27.2. The molecule has 0 aromatic carbocycles. The van der Waals surface area contributed by atoms with Gasteiger partial charge in [0, 0.05) is 6.92 Å². The van der Waals surface area contributed by atoms with Crippen molar-refractivity contribution in [3.8, 4) is 0 Å². The van der Waals surface area contributed by atoms with Crippen LogP contribution in [0.1, 0.15) is 37.7 Å². The molecule has 2 aliphatic heterocycles. The topological polar surface area (TPSA) is 98.0 Å². The third kappa shape index (κ3) is 2.77. The Morgan fingerprint density at radius 2 is 2.48 bits per heavy atom. The minimum Gasteiger partial charge on any atom is -0.463 e. The molecule has 8 heteroatoms. The van der Waals surface area contributed by atoms with Crippen molar-refractivity contribution in [1.29, 1.82) is 0 Å². The molecule has 0 radical (unpaired) electrons. The molecule has 3 heterocycles. The fourth-order valence-corrected chi connectivity index (χ4v) is 2.59. The molecule has 0 spiro atoms. The van der Waals surface area contributed by atoms with Crippen molar-refractivity contribution >= 4 is 18.1 Å². The van der Waals surface area contributed by atoms with Gasteiger partial charge in [-0.1, -0.05) is 0 Å². The molecule has 1 aromatic heterocycles. The summed E-state index contributed by atoms with van der Waals surface area (Å²) in [6, 6.07) is -0.239. The summed E-state index contributed by atoms with van der Waals surface area (Å²) in [4.78, 5) is 19.4. The van der Waals surface area contributed by atoms with Crippen molar-refractivity contribution in [2.75, 3.05) is 13.2 Å². The zero-order chi connectivity index (χ0) is 14.8. The van der Waals surface area contributed by atoms with Gasteiger partial charge < -0.3 is 19.9 Å². The van der Waals surface area contributed by atoms with E-state index in [2.05, 4.69) is 15.3 Å². The molecule has 0 saturated carbocycles. The molecule has 0 unspecified atom stereocenters. The largest absolute Gasteiger partial charge is 0.463 e. The predicted molar refractivity (Wildman–Crippen MR) is 73.1 cm³/mol. The molecule has 0 bridgehead atoms. The summed E-state index contributed by atoms with van der Waals surface area (Å²) in [5.41, 5.74) is 0.715. The van der Waals surface area contributed by atoms with Gasteiger partial charge in [0.15, 0.2) is 5.82 Å². The Morgan fingerprint density at radius 3 is 3.24 bits per heavy atom. The van der Waals surface area contributed by atoms with Crippen LogP contribution < -0.4 is 5.32 Å². The molecule has 2 aliphatic rings. The maximum atomic E-state index is 10.8. The standard InChI is InChI=1S/C13H18N4O4/c1-8(19)20-5-9-2-3-11(21-9)17-7-16-12-10(4-18)14-6-15-13(12)17/h6-7,9-11,18H,2-5H2,1H3,(H,14,15)/t9-,10+,11+/m0/s1. The lowest BCUT2D eigenvalue weighted by atomic mass is 10.2. The number of carbonyl (C=O) groups is 1. The number of carbonyl (C=O) groups excluding carboxylic acids is 1. The van der Waals surface area contributed by atoms with Crippen molar-refractivity contribution in [1.82, 2.24) is 14.9 Å². The highest BCUT2D eigenvalue weighted by atomic mass is 16.6.